The van der Waals surface area contributed by atoms with E-state index in [0.29, 0.717) is 23.7 Å². The first-order chi connectivity index (χ1) is 9.49. The summed E-state index contributed by atoms with van der Waals surface area (Å²) in [7, 11) is -3.17. The second-order valence-electron chi connectivity index (χ2n) is 4.70. The van der Waals surface area contributed by atoms with Crippen LogP contribution in [0, 0.1) is 0 Å². The molecule has 2 rings (SSSR count). The molecule has 1 heterocycles. The summed E-state index contributed by atoms with van der Waals surface area (Å²) in [5.74, 6) is -0.0575. The van der Waals surface area contributed by atoms with Crippen LogP contribution < -0.4 is 5.32 Å². The van der Waals surface area contributed by atoms with Gasteiger partial charge in [-0.3, -0.25) is 4.79 Å². The molecule has 0 saturated carbocycles. The minimum Gasteiger partial charge on any atom is -0.325 e. The first kappa shape index (κ1) is 15.3. The van der Waals surface area contributed by atoms with Gasteiger partial charge in [-0.25, -0.2) is 12.7 Å². The maximum absolute atomic E-state index is 11.8. The Hall–Kier alpha value is -1.11. The summed E-state index contributed by atoms with van der Waals surface area (Å²) in [5, 5.41) is 3.15. The molecule has 0 atom stereocenters. The Labute approximate surface area is 124 Å². The van der Waals surface area contributed by atoms with Gasteiger partial charge in [0.15, 0.2) is 0 Å². The molecule has 1 aliphatic heterocycles. The minimum atomic E-state index is -3.17. The number of carbonyl (C=O) groups excluding carboxylic acids is 1. The van der Waals surface area contributed by atoms with Gasteiger partial charge in [0.2, 0.25) is 15.9 Å². The molecule has 0 spiro atoms. The molecule has 0 unspecified atom stereocenters. The Bertz CT molecular complexity index is 589. The SMILES string of the molecule is O=C(CCN1CCCCS1(=O)=O)Nc1ccccc1Cl. The van der Waals surface area contributed by atoms with Gasteiger partial charge in [-0.1, -0.05) is 23.7 Å². The highest BCUT2D eigenvalue weighted by Crippen LogP contribution is 2.20. The Morgan fingerprint density at radius 2 is 2.05 bits per heavy atom. The van der Waals surface area contributed by atoms with Crippen LogP contribution in [0.5, 0.6) is 0 Å². The van der Waals surface area contributed by atoms with Gasteiger partial charge in [0.25, 0.3) is 0 Å². The lowest BCUT2D eigenvalue weighted by Gasteiger charge is -2.25. The van der Waals surface area contributed by atoms with Crippen molar-refractivity contribution >= 4 is 33.2 Å². The second kappa shape index (κ2) is 6.56. The Kier molecular flexibility index (Phi) is 5.01. The third-order valence-corrected chi connectivity index (χ3v) is 5.48. The lowest BCUT2D eigenvalue weighted by molar-refractivity contribution is -0.116. The van der Waals surface area contributed by atoms with Gasteiger partial charge in [0.1, 0.15) is 0 Å². The molecule has 1 aromatic rings. The van der Waals surface area contributed by atoms with Crippen molar-refractivity contribution in [1.82, 2.24) is 4.31 Å². The van der Waals surface area contributed by atoms with Crippen molar-refractivity contribution in [3.63, 3.8) is 0 Å². The van der Waals surface area contributed by atoms with Gasteiger partial charge >= 0.3 is 0 Å². The van der Waals surface area contributed by atoms with E-state index >= 15 is 0 Å². The zero-order valence-corrected chi connectivity index (χ0v) is 12.6. The molecule has 1 aliphatic rings. The minimum absolute atomic E-state index is 0.129. The lowest BCUT2D eigenvalue weighted by Crippen LogP contribution is -2.39. The van der Waals surface area contributed by atoms with E-state index in [0.717, 1.165) is 6.42 Å². The van der Waals surface area contributed by atoms with Gasteiger partial charge in [-0.05, 0) is 25.0 Å². The van der Waals surface area contributed by atoms with Crippen molar-refractivity contribution in [3.8, 4) is 0 Å². The molecule has 0 radical (unpaired) electrons. The number of nitrogens with one attached hydrogen (secondary N) is 1. The van der Waals surface area contributed by atoms with E-state index in [9.17, 15) is 13.2 Å². The molecule has 1 N–H and O–H groups in total. The highest BCUT2D eigenvalue weighted by atomic mass is 35.5. The fourth-order valence-electron chi connectivity index (χ4n) is 2.09. The first-order valence-corrected chi connectivity index (χ1v) is 8.50. The number of para-hydroxylation sites is 1. The van der Waals surface area contributed by atoms with Gasteiger partial charge in [0.05, 0.1) is 16.5 Å². The van der Waals surface area contributed by atoms with E-state index in [2.05, 4.69) is 5.32 Å². The first-order valence-electron chi connectivity index (χ1n) is 6.51. The van der Waals surface area contributed by atoms with Crippen LogP contribution in [0.1, 0.15) is 19.3 Å². The average molecular weight is 317 g/mol. The normalized spacial score (nSPS) is 18.6. The number of nitrogens with zero attached hydrogens (tertiary/aromatic N) is 1. The third kappa shape index (κ3) is 3.94. The smallest absolute Gasteiger partial charge is 0.225 e. The Morgan fingerprint density at radius 1 is 1.30 bits per heavy atom. The van der Waals surface area contributed by atoms with Crippen molar-refractivity contribution < 1.29 is 13.2 Å². The zero-order valence-electron chi connectivity index (χ0n) is 11.0. The molecule has 0 aromatic heterocycles. The summed E-state index contributed by atoms with van der Waals surface area (Å²) in [6.45, 7) is 0.723. The largest absolute Gasteiger partial charge is 0.325 e. The standard InChI is InChI=1S/C13H17ClN2O3S/c14-11-5-1-2-6-12(11)15-13(17)7-9-16-8-3-4-10-20(16,18)19/h1-2,5-6H,3-4,7-10H2,(H,15,17). The molecule has 110 valence electrons. The number of sulfonamides is 1. The third-order valence-electron chi connectivity index (χ3n) is 3.19. The summed E-state index contributed by atoms with van der Waals surface area (Å²) < 4.78 is 25.0. The predicted molar refractivity (Wildman–Crippen MR) is 79.3 cm³/mol. The van der Waals surface area contributed by atoms with Crippen LogP contribution in [0.4, 0.5) is 5.69 Å². The molecular weight excluding hydrogens is 300 g/mol. The van der Waals surface area contributed by atoms with E-state index in [1.807, 2.05) is 0 Å². The molecule has 0 aliphatic carbocycles. The molecule has 5 nitrogen and oxygen atoms in total. The molecule has 0 bridgehead atoms. The topological polar surface area (TPSA) is 66.5 Å². The van der Waals surface area contributed by atoms with Crippen molar-refractivity contribution in [2.75, 3.05) is 24.2 Å². The van der Waals surface area contributed by atoms with Crippen molar-refractivity contribution in [2.24, 2.45) is 0 Å². The molecule has 1 saturated heterocycles. The summed E-state index contributed by atoms with van der Waals surface area (Å²) in [5.41, 5.74) is 0.542. The molecule has 7 heteroatoms. The van der Waals surface area contributed by atoms with Crippen molar-refractivity contribution in [1.29, 1.82) is 0 Å². The predicted octanol–water partition coefficient (Wildman–Crippen LogP) is 2.09. The summed E-state index contributed by atoms with van der Waals surface area (Å²) >= 11 is 5.94. The average Bonchev–Trinajstić information content (AvgIpc) is 2.40. The van der Waals surface area contributed by atoms with E-state index in [-0.39, 0.29) is 24.6 Å². The van der Waals surface area contributed by atoms with Gasteiger partial charge < -0.3 is 5.32 Å². The maximum Gasteiger partial charge on any atom is 0.225 e. The number of carbonyl (C=O) groups is 1. The van der Waals surface area contributed by atoms with Crippen molar-refractivity contribution in [3.05, 3.63) is 29.3 Å². The fourth-order valence-corrected chi connectivity index (χ4v) is 3.88. The van der Waals surface area contributed by atoms with Gasteiger partial charge in [-0.2, -0.15) is 0 Å². The number of anilines is 1. The van der Waals surface area contributed by atoms with E-state index < -0.39 is 10.0 Å². The van der Waals surface area contributed by atoms with Gasteiger partial charge in [0, 0.05) is 19.5 Å². The quantitative estimate of drug-likeness (QED) is 0.925. The van der Waals surface area contributed by atoms with Crippen LogP contribution in [0.3, 0.4) is 0 Å². The highest BCUT2D eigenvalue weighted by molar-refractivity contribution is 7.89. The Morgan fingerprint density at radius 3 is 2.75 bits per heavy atom. The number of hydrogen-bond donors (Lipinski definition) is 1. The van der Waals surface area contributed by atoms with Crippen LogP contribution in [-0.4, -0.2) is 37.5 Å². The van der Waals surface area contributed by atoms with Crippen LogP contribution in [0.15, 0.2) is 24.3 Å². The lowest BCUT2D eigenvalue weighted by atomic mass is 10.3. The number of rotatable bonds is 4. The molecule has 1 aromatic carbocycles. The number of hydrogen-bond acceptors (Lipinski definition) is 3. The number of benzene rings is 1. The summed E-state index contributed by atoms with van der Waals surface area (Å²) in [6, 6.07) is 6.94. The van der Waals surface area contributed by atoms with E-state index in [1.54, 1.807) is 24.3 Å². The molecule has 1 amide bonds. The number of halogens is 1. The fraction of sp³-hybridized carbons (Fsp3) is 0.462. The van der Waals surface area contributed by atoms with Crippen LogP contribution >= 0.6 is 11.6 Å². The monoisotopic (exact) mass is 316 g/mol. The zero-order chi connectivity index (χ0) is 14.6. The molecular formula is C13H17ClN2O3S. The molecule has 20 heavy (non-hydrogen) atoms. The van der Waals surface area contributed by atoms with E-state index in [4.69, 9.17) is 11.6 Å². The highest BCUT2D eigenvalue weighted by Gasteiger charge is 2.25. The maximum atomic E-state index is 11.8. The van der Waals surface area contributed by atoms with Crippen LogP contribution in [0.25, 0.3) is 0 Å². The van der Waals surface area contributed by atoms with Crippen LogP contribution in [-0.2, 0) is 14.8 Å². The Balaban J connectivity index is 1.88. The van der Waals surface area contributed by atoms with Gasteiger partial charge in [-0.15, -0.1) is 0 Å². The summed E-state index contributed by atoms with van der Waals surface area (Å²) in [6.07, 6.45) is 1.68. The van der Waals surface area contributed by atoms with Crippen LogP contribution in [0.2, 0.25) is 5.02 Å². The van der Waals surface area contributed by atoms with E-state index in [1.165, 1.54) is 4.31 Å². The van der Waals surface area contributed by atoms with Crippen molar-refractivity contribution in [2.45, 2.75) is 19.3 Å². The second-order valence-corrected chi connectivity index (χ2v) is 7.20. The summed E-state index contributed by atoms with van der Waals surface area (Å²) in [4.78, 5) is 11.8. The molecule has 1 fully saturated rings. The number of amides is 1.